The number of amides is 2. The molecule has 2 aliphatic heterocycles. The molecule has 0 atom stereocenters. The lowest BCUT2D eigenvalue weighted by Gasteiger charge is -2.16. The second-order valence-electron chi connectivity index (χ2n) is 7.72. The van der Waals surface area contributed by atoms with Gasteiger partial charge in [-0.3, -0.25) is 14.5 Å². The fourth-order valence-corrected chi connectivity index (χ4v) is 3.89. The largest absolute Gasteiger partial charge is 0.494 e. The van der Waals surface area contributed by atoms with E-state index in [9.17, 15) is 14.0 Å². The summed E-state index contributed by atoms with van der Waals surface area (Å²) in [5.74, 6) is 0.499. The Hall–Kier alpha value is -4.33. The molecule has 34 heavy (non-hydrogen) atoms. The Balaban J connectivity index is 1.47. The second kappa shape index (κ2) is 8.90. The van der Waals surface area contributed by atoms with Crippen LogP contribution in [0.2, 0.25) is 0 Å². The van der Waals surface area contributed by atoms with E-state index in [4.69, 9.17) is 14.2 Å². The van der Waals surface area contributed by atoms with Gasteiger partial charge in [-0.2, -0.15) is 0 Å². The maximum atomic E-state index is 13.5. The highest BCUT2D eigenvalue weighted by molar-refractivity contribution is 6.36. The standard InChI is InChI=1S/C26H21FN2O5/c1-2-32-20-10-8-19(9-11-20)28-24-23(17-4-6-18(27)7-5-17)25(30)29(26(24)31)14-16-3-12-21-22(13-16)34-15-33-21/h3-13,28H,2,14-15H2,1H3. The molecule has 8 heteroatoms. The minimum Gasteiger partial charge on any atom is -0.494 e. The average Bonchev–Trinajstić information content (AvgIpc) is 3.40. The molecule has 0 saturated carbocycles. The number of nitrogens with zero attached hydrogens (tertiary/aromatic N) is 1. The van der Waals surface area contributed by atoms with Crippen LogP contribution >= 0.6 is 0 Å². The maximum Gasteiger partial charge on any atom is 0.278 e. The van der Waals surface area contributed by atoms with Crippen molar-refractivity contribution < 1.29 is 28.2 Å². The van der Waals surface area contributed by atoms with E-state index in [1.165, 1.54) is 24.3 Å². The van der Waals surface area contributed by atoms with Crippen LogP contribution in [0, 0.1) is 5.82 Å². The highest BCUT2D eigenvalue weighted by atomic mass is 19.1. The van der Waals surface area contributed by atoms with Gasteiger partial charge >= 0.3 is 0 Å². The molecule has 0 aromatic heterocycles. The SMILES string of the molecule is CCOc1ccc(NC2=C(c3ccc(F)cc3)C(=O)N(Cc3ccc4c(c3)OCO4)C2=O)cc1. The predicted molar refractivity (Wildman–Crippen MR) is 123 cm³/mol. The number of carbonyl (C=O) groups is 2. The highest BCUT2D eigenvalue weighted by Gasteiger charge is 2.39. The molecule has 172 valence electrons. The number of rotatable bonds is 7. The van der Waals surface area contributed by atoms with Crippen LogP contribution in [0.15, 0.2) is 72.4 Å². The van der Waals surface area contributed by atoms with Crippen molar-refractivity contribution in [3.8, 4) is 17.2 Å². The molecular weight excluding hydrogens is 439 g/mol. The zero-order valence-electron chi connectivity index (χ0n) is 18.3. The summed E-state index contributed by atoms with van der Waals surface area (Å²) >= 11 is 0. The third kappa shape index (κ3) is 4.05. The first-order chi connectivity index (χ1) is 16.5. The third-order valence-electron chi connectivity index (χ3n) is 5.51. The monoisotopic (exact) mass is 460 g/mol. The van der Waals surface area contributed by atoms with Crippen molar-refractivity contribution in [2.45, 2.75) is 13.5 Å². The van der Waals surface area contributed by atoms with Gasteiger partial charge in [0, 0.05) is 5.69 Å². The van der Waals surface area contributed by atoms with Gasteiger partial charge in [0.25, 0.3) is 11.8 Å². The lowest BCUT2D eigenvalue weighted by atomic mass is 10.0. The number of fused-ring (bicyclic) bond motifs is 1. The summed E-state index contributed by atoms with van der Waals surface area (Å²) in [5.41, 5.74) is 2.08. The van der Waals surface area contributed by atoms with E-state index in [1.807, 2.05) is 6.92 Å². The summed E-state index contributed by atoms with van der Waals surface area (Å²) in [6.45, 7) is 2.61. The van der Waals surface area contributed by atoms with E-state index in [2.05, 4.69) is 5.32 Å². The van der Waals surface area contributed by atoms with Gasteiger partial charge in [-0.1, -0.05) is 18.2 Å². The maximum absolute atomic E-state index is 13.5. The van der Waals surface area contributed by atoms with Crippen LogP contribution in [0.1, 0.15) is 18.1 Å². The lowest BCUT2D eigenvalue weighted by Crippen LogP contribution is -2.32. The molecule has 0 spiro atoms. The molecule has 0 saturated heterocycles. The molecule has 3 aromatic rings. The predicted octanol–water partition coefficient (Wildman–Crippen LogP) is 4.35. The number of carbonyl (C=O) groups excluding carboxylic acids is 2. The molecule has 0 unspecified atom stereocenters. The number of halogens is 1. The number of hydrogen-bond donors (Lipinski definition) is 1. The molecule has 3 aromatic carbocycles. The van der Waals surface area contributed by atoms with E-state index in [0.717, 1.165) is 4.90 Å². The number of hydrogen-bond acceptors (Lipinski definition) is 6. The zero-order valence-corrected chi connectivity index (χ0v) is 18.3. The van der Waals surface area contributed by atoms with Gasteiger partial charge in [-0.25, -0.2) is 4.39 Å². The van der Waals surface area contributed by atoms with Crippen molar-refractivity contribution >= 4 is 23.1 Å². The number of nitrogens with one attached hydrogen (secondary N) is 1. The molecule has 0 fully saturated rings. The first-order valence-electron chi connectivity index (χ1n) is 10.8. The summed E-state index contributed by atoms with van der Waals surface area (Å²) < 4.78 is 29.7. The van der Waals surface area contributed by atoms with Gasteiger partial charge in [-0.05, 0) is 66.6 Å². The van der Waals surface area contributed by atoms with Crippen LogP contribution in [0.3, 0.4) is 0 Å². The summed E-state index contributed by atoms with van der Waals surface area (Å²) in [5, 5.41) is 3.08. The molecule has 2 aliphatic rings. The molecule has 2 amide bonds. The van der Waals surface area contributed by atoms with Crippen molar-refractivity contribution in [2.24, 2.45) is 0 Å². The van der Waals surface area contributed by atoms with E-state index >= 15 is 0 Å². The summed E-state index contributed by atoms with van der Waals surface area (Å²) in [6, 6.07) is 17.8. The van der Waals surface area contributed by atoms with Crippen molar-refractivity contribution in [2.75, 3.05) is 18.7 Å². The van der Waals surface area contributed by atoms with Gasteiger partial charge < -0.3 is 19.5 Å². The number of anilines is 1. The highest BCUT2D eigenvalue weighted by Crippen LogP contribution is 2.35. The van der Waals surface area contributed by atoms with Gasteiger partial charge in [0.15, 0.2) is 11.5 Å². The van der Waals surface area contributed by atoms with Gasteiger partial charge in [-0.15, -0.1) is 0 Å². The Morgan fingerprint density at radius 1 is 0.941 bits per heavy atom. The molecular formula is C26H21FN2O5. The van der Waals surface area contributed by atoms with E-state index in [0.29, 0.717) is 40.7 Å². The summed E-state index contributed by atoms with van der Waals surface area (Å²) in [4.78, 5) is 28.0. The third-order valence-corrected chi connectivity index (χ3v) is 5.51. The van der Waals surface area contributed by atoms with Crippen LogP contribution in [0.5, 0.6) is 17.2 Å². The Kier molecular flexibility index (Phi) is 5.63. The number of benzene rings is 3. The van der Waals surface area contributed by atoms with Crippen molar-refractivity contribution in [3.05, 3.63) is 89.4 Å². The first-order valence-corrected chi connectivity index (χ1v) is 10.8. The van der Waals surface area contributed by atoms with E-state index in [-0.39, 0.29) is 24.6 Å². The normalized spacial score (nSPS) is 14.7. The summed E-state index contributed by atoms with van der Waals surface area (Å²) in [7, 11) is 0. The van der Waals surface area contributed by atoms with Crippen molar-refractivity contribution in [3.63, 3.8) is 0 Å². The van der Waals surface area contributed by atoms with Crippen LogP contribution in [-0.4, -0.2) is 30.1 Å². The smallest absolute Gasteiger partial charge is 0.278 e. The van der Waals surface area contributed by atoms with Crippen LogP contribution in [0.25, 0.3) is 5.57 Å². The average molecular weight is 460 g/mol. The van der Waals surface area contributed by atoms with Gasteiger partial charge in [0.05, 0.1) is 18.7 Å². The molecule has 2 heterocycles. The van der Waals surface area contributed by atoms with Crippen LogP contribution in [0.4, 0.5) is 10.1 Å². The Morgan fingerprint density at radius 3 is 2.41 bits per heavy atom. The number of imide groups is 1. The minimum absolute atomic E-state index is 0.0491. The second-order valence-corrected chi connectivity index (χ2v) is 7.72. The molecule has 5 rings (SSSR count). The quantitative estimate of drug-likeness (QED) is 0.529. The fourth-order valence-electron chi connectivity index (χ4n) is 3.89. The summed E-state index contributed by atoms with van der Waals surface area (Å²) in [6.07, 6.45) is 0. The van der Waals surface area contributed by atoms with Crippen LogP contribution < -0.4 is 19.5 Å². The van der Waals surface area contributed by atoms with Crippen molar-refractivity contribution in [1.82, 2.24) is 4.90 Å². The van der Waals surface area contributed by atoms with Gasteiger partial charge in [0.2, 0.25) is 6.79 Å². The molecule has 7 nitrogen and oxygen atoms in total. The lowest BCUT2D eigenvalue weighted by molar-refractivity contribution is -0.137. The van der Waals surface area contributed by atoms with Gasteiger partial charge in [0.1, 0.15) is 17.3 Å². The molecule has 0 aliphatic carbocycles. The molecule has 1 N–H and O–H groups in total. The van der Waals surface area contributed by atoms with Crippen LogP contribution in [-0.2, 0) is 16.1 Å². The van der Waals surface area contributed by atoms with E-state index in [1.54, 1.807) is 42.5 Å². The van der Waals surface area contributed by atoms with E-state index < -0.39 is 17.6 Å². The minimum atomic E-state index is -0.476. The Labute approximate surface area is 195 Å². The first kappa shape index (κ1) is 21.5. The fraction of sp³-hybridized carbons (Fsp3) is 0.154. The Morgan fingerprint density at radius 2 is 1.68 bits per heavy atom. The number of ether oxygens (including phenoxy) is 3. The zero-order chi connectivity index (χ0) is 23.7. The van der Waals surface area contributed by atoms with Crippen molar-refractivity contribution in [1.29, 1.82) is 0 Å². The molecule has 0 radical (unpaired) electrons. The Bertz CT molecular complexity index is 1290. The topological polar surface area (TPSA) is 77.1 Å². The molecule has 0 bridgehead atoms.